The molecule has 2 amide bonds. The van der Waals surface area contributed by atoms with Gasteiger partial charge in [-0.3, -0.25) is 13.9 Å². The number of nitrogens with zero attached hydrogens (tertiary/aromatic N) is 2. The second-order valence-corrected chi connectivity index (χ2v) is 12.9. The molecule has 3 rings (SSSR count). The van der Waals surface area contributed by atoms with Crippen molar-refractivity contribution in [1.82, 2.24) is 10.2 Å². The Bertz CT molecular complexity index is 1480. The summed E-state index contributed by atoms with van der Waals surface area (Å²) in [5.74, 6) is -0.525. The minimum atomic E-state index is -4.24. The molecular weight excluding hydrogens is 597 g/mol. The molecule has 0 aliphatic heterocycles. The topological polar surface area (TPSA) is 96.0 Å². The lowest BCUT2D eigenvalue weighted by atomic mass is 10.1. The van der Waals surface area contributed by atoms with E-state index in [1.807, 2.05) is 20.8 Å². The molecule has 226 valence electrons. The Hall–Kier alpha value is -3.27. The lowest BCUT2D eigenvalue weighted by Crippen LogP contribution is -2.51. The Morgan fingerprint density at radius 3 is 2.14 bits per heavy atom. The van der Waals surface area contributed by atoms with Crippen LogP contribution in [-0.4, -0.2) is 50.9 Å². The quantitative estimate of drug-likeness (QED) is 0.246. The fourth-order valence-electron chi connectivity index (χ4n) is 4.18. The van der Waals surface area contributed by atoms with E-state index >= 15 is 0 Å². The average Bonchev–Trinajstić information content (AvgIpc) is 2.95. The Balaban J connectivity index is 2.10. The number of hydrogen-bond donors (Lipinski definition) is 1. The summed E-state index contributed by atoms with van der Waals surface area (Å²) in [6.07, 6.45) is 0. The van der Waals surface area contributed by atoms with Crippen LogP contribution in [-0.2, 0) is 26.2 Å². The van der Waals surface area contributed by atoms with E-state index in [0.29, 0.717) is 27.9 Å². The highest BCUT2D eigenvalue weighted by atomic mass is 35.5. The lowest BCUT2D eigenvalue weighted by molar-refractivity contribution is -0.139. The van der Waals surface area contributed by atoms with Crippen LogP contribution in [0, 0.1) is 12.8 Å². The first-order valence-corrected chi connectivity index (χ1v) is 15.9. The maximum atomic E-state index is 14.2. The van der Waals surface area contributed by atoms with Crippen molar-refractivity contribution in [1.29, 1.82) is 0 Å². The SMILES string of the molecule is CCOc1ccccc1N(CC(=O)N(Cc1c(Cl)cccc1Cl)[C@H](C)C(=O)NCC(C)C)S(=O)(=O)c1ccc(C)cc1. The van der Waals surface area contributed by atoms with Gasteiger partial charge in [0.2, 0.25) is 11.8 Å². The van der Waals surface area contributed by atoms with Gasteiger partial charge in [-0.05, 0) is 63.1 Å². The van der Waals surface area contributed by atoms with Crippen molar-refractivity contribution in [3.63, 3.8) is 0 Å². The molecule has 0 aliphatic carbocycles. The fraction of sp³-hybridized carbons (Fsp3) is 0.355. The minimum absolute atomic E-state index is 0.00984. The van der Waals surface area contributed by atoms with Gasteiger partial charge in [-0.1, -0.05) is 72.9 Å². The number of benzene rings is 3. The summed E-state index contributed by atoms with van der Waals surface area (Å²) in [6.45, 7) is 9.12. The lowest BCUT2D eigenvalue weighted by Gasteiger charge is -2.33. The maximum Gasteiger partial charge on any atom is 0.264 e. The molecule has 11 heteroatoms. The number of amides is 2. The molecule has 0 aliphatic rings. The first kappa shape index (κ1) is 33.2. The molecule has 3 aromatic carbocycles. The number of hydrogen-bond acceptors (Lipinski definition) is 5. The van der Waals surface area contributed by atoms with E-state index in [2.05, 4.69) is 5.32 Å². The van der Waals surface area contributed by atoms with Gasteiger partial charge in [0.05, 0.1) is 17.2 Å². The zero-order valence-corrected chi connectivity index (χ0v) is 26.8. The van der Waals surface area contributed by atoms with Crippen LogP contribution in [0.3, 0.4) is 0 Å². The Morgan fingerprint density at radius 2 is 1.55 bits per heavy atom. The second kappa shape index (κ2) is 14.8. The molecule has 1 N–H and O–H groups in total. The summed E-state index contributed by atoms with van der Waals surface area (Å²) in [6, 6.07) is 17.0. The Morgan fingerprint density at radius 1 is 0.929 bits per heavy atom. The molecule has 0 unspecified atom stereocenters. The Kier molecular flexibility index (Phi) is 11.7. The molecule has 0 spiro atoms. The molecule has 0 radical (unpaired) electrons. The third kappa shape index (κ3) is 8.18. The highest BCUT2D eigenvalue weighted by Crippen LogP contribution is 2.33. The maximum absolute atomic E-state index is 14.2. The highest BCUT2D eigenvalue weighted by Gasteiger charge is 2.34. The molecule has 0 fully saturated rings. The molecule has 42 heavy (non-hydrogen) atoms. The summed E-state index contributed by atoms with van der Waals surface area (Å²) in [4.78, 5) is 28.6. The predicted octanol–water partition coefficient (Wildman–Crippen LogP) is 6.09. The molecule has 0 saturated carbocycles. The normalized spacial score (nSPS) is 12.1. The number of carbonyl (C=O) groups is 2. The molecule has 3 aromatic rings. The summed E-state index contributed by atoms with van der Waals surface area (Å²) >= 11 is 12.9. The minimum Gasteiger partial charge on any atom is -0.492 e. The average molecular weight is 635 g/mol. The smallest absolute Gasteiger partial charge is 0.264 e. The van der Waals surface area contributed by atoms with Crippen molar-refractivity contribution < 1.29 is 22.7 Å². The second-order valence-electron chi connectivity index (χ2n) is 10.3. The van der Waals surface area contributed by atoms with Crippen LogP contribution in [0.25, 0.3) is 0 Å². The third-order valence-corrected chi connectivity index (χ3v) is 9.05. The Labute approximate surface area is 258 Å². The van der Waals surface area contributed by atoms with Gasteiger partial charge in [0.25, 0.3) is 10.0 Å². The van der Waals surface area contributed by atoms with Crippen molar-refractivity contribution >= 4 is 50.7 Å². The first-order chi connectivity index (χ1) is 19.9. The number of halogens is 2. The van der Waals surface area contributed by atoms with Gasteiger partial charge in [0.15, 0.2) is 0 Å². The van der Waals surface area contributed by atoms with Crippen LogP contribution in [0.1, 0.15) is 38.8 Å². The van der Waals surface area contributed by atoms with E-state index in [9.17, 15) is 18.0 Å². The summed E-state index contributed by atoms with van der Waals surface area (Å²) in [7, 11) is -4.24. The van der Waals surface area contributed by atoms with Crippen molar-refractivity contribution in [3.05, 3.63) is 87.9 Å². The van der Waals surface area contributed by atoms with Crippen molar-refractivity contribution in [3.8, 4) is 5.75 Å². The van der Waals surface area contributed by atoms with Gasteiger partial charge >= 0.3 is 0 Å². The van der Waals surface area contributed by atoms with Gasteiger partial charge in [-0.2, -0.15) is 0 Å². The largest absolute Gasteiger partial charge is 0.492 e. The predicted molar refractivity (Wildman–Crippen MR) is 168 cm³/mol. The number of rotatable bonds is 13. The van der Waals surface area contributed by atoms with Crippen LogP contribution in [0.15, 0.2) is 71.6 Å². The molecule has 0 saturated heterocycles. The van der Waals surface area contributed by atoms with Gasteiger partial charge in [0.1, 0.15) is 18.3 Å². The van der Waals surface area contributed by atoms with E-state index in [1.54, 1.807) is 68.4 Å². The molecule has 1 atom stereocenters. The van der Waals surface area contributed by atoms with Crippen LogP contribution in [0.5, 0.6) is 5.75 Å². The van der Waals surface area contributed by atoms with Gasteiger partial charge in [-0.15, -0.1) is 0 Å². The van der Waals surface area contributed by atoms with Gasteiger partial charge < -0.3 is 15.0 Å². The van der Waals surface area contributed by atoms with Crippen molar-refractivity contribution in [2.24, 2.45) is 5.92 Å². The van der Waals surface area contributed by atoms with E-state index in [1.165, 1.54) is 17.0 Å². The number of anilines is 1. The molecule has 8 nitrogen and oxygen atoms in total. The zero-order chi connectivity index (χ0) is 31.0. The number of para-hydroxylation sites is 2. The first-order valence-electron chi connectivity index (χ1n) is 13.7. The highest BCUT2D eigenvalue weighted by molar-refractivity contribution is 7.92. The van der Waals surface area contributed by atoms with Gasteiger partial charge in [0, 0.05) is 28.7 Å². The standard InChI is InChI=1S/C31H37Cl2N3O5S/c1-6-41-29-13-8-7-12-28(29)36(42(39,40)24-16-14-22(4)15-17-24)20-30(37)35(23(5)31(38)34-18-21(2)3)19-25-26(32)10-9-11-27(25)33/h7-17,21,23H,6,18-20H2,1-5H3,(H,34,38)/t23-/m1/s1. The molecular formula is C31H37Cl2N3O5S. The molecule has 0 bridgehead atoms. The van der Waals surface area contributed by atoms with Crippen LogP contribution in [0.2, 0.25) is 10.0 Å². The number of ether oxygens (including phenoxy) is 1. The van der Waals surface area contributed by atoms with E-state index in [-0.39, 0.29) is 35.6 Å². The zero-order valence-electron chi connectivity index (χ0n) is 24.4. The fourth-order valence-corrected chi connectivity index (χ4v) is 6.12. The van der Waals surface area contributed by atoms with E-state index < -0.39 is 28.5 Å². The van der Waals surface area contributed by atoms with Crippen LogP contribution < -0.4 is 14.4 Å². The third-order valence-electron chi connectivity index (χ3n) is 6.56. The summed E-state index contributed by atoms with van der Waals surface area (Å²) < 4.78 is 34.9. The number of nitrogens with one attached hydrogen (secondary N) is 1. The van der Waals surface area contributed by atoms with E-state index in [0.717, 1.165) is 9.87 Å². The van der Waals surface area contributed by atoms with Crippen molar-refractivity contribution in [2.45, 2.75) is 52.1 Å². The van der Waals surface area contributed by atoms with Crippen LogP contribution >= 0.6 is 23.2 Å². The summed E-state index contributed by atoms with van der Waals surface area (Å²) in [5, 5.41) is 3.49. The molecule has 0 heterocycles. The summed E-state index contributed by atoms with van der Waals surface area (Å²) in [5.41, 5.74) is 1.52. The number of aryl methyl sites for hydroxylation is 1. The van der Waals surface area contributed by atoms with Crippen LogP contribution in [0.4, 0.5) is 5.69 Å². The van der Waals surface area contributed by atoms with E-state index in [4.69, 9.17) is 27.9 Å². The van der Waals surface area contributed by atoms with Gasteiger partial charge in [-0.25, -0.2) is 8.42 Å². The number of sulfonamides is 1. The molecule has 0 aromatic heterocycles. The van der Waals surface area contributed by atoms with Crippen molar-refractivity contribution in [2.75, 3.05) is 24.0 Å². The monoisotopic (exact) mass is 633 g/mol. The number of carbonyl (C=O) groups excluding carboxylic acids is 2.